The minimum absolute atomic E-state index is 0.00113. The first kappa shape index (κ1) is 9.17. The second kappa shape index (κ2) is 4.99. The van der Waals surface area contributed by atoms with Gasteiger partial charge in [0.1, 0.15) is 6.29 Å². The predicted octanol–water partition coefficient (Wildman–Crippen LogP) is 0.869. The molecule has 0 saturated carbocycles. The molecule has 56 valence electrons. The van der Waals surface area contributed by atoms with Crippen molar-refractivity contribution in [3.63, 3.8) is 0 Å². The van der Waals surface area contributed by atoms with E-state index in [2.05, 4.69) is 11.3 Å². The molecule has 10 heavy (non-hydrogen) atoms. The highest BCUT2D eigenvalue weighted by atomic mass is 35.5. The van der Waals surface area contributed by atoms with Gasteiger partial charge in [-0.1, -0.05) is 18.2 Å². The second-order valence-electron chi connectivity index (χ2n) is 1.45. The topological polar surface area (TPSA) is 43.4 Å². The summed E-state index contributed by atoms with van der Waals surface area (Å²) in [6, 6.07) is 0. The summed E-state index contributed by atoms with van der Waals surface area (Å²) in [7, 11) is 0. The third-order valence-electron chi connectivity index (χ3n) is 0.692. The highest BCUT2D eigenvalue weighted by molar-refractivity contribution is 6.21. The maximum Gasteiger partial charge on any atom is 0.331 e. The number of hydrogen-bond acceptors (Lipinski definition) is 3. The van der Waals surface area contributed by atoms with E-state index in [4.69, 9.17) is 11.6 Å². The summed E-state index contributed by atoms with van der Waals surface area (Å²) < 4.78 is 4.42. The normalized spacial score (nSPS) is 11.7. The molecule has 3 nitrogen and oxygen atoms in total. The summed E-state index contributed by atoms with van der Waals surface area (Å²) in [5, 5.41) is 0. The Labute approximate surface area is 63.6 Å². The Bertz CT molecular complexity index is 144. The van der Waals surface area contributed by atoms with Crippen LogP contribution in [0.15, 0.2) is 12.7 Å². The van der Waals surface area contributed by atoms with Crippen molar-refractivity contribution in [2.24, 2.45) is 0 Å². The van der Waals surface area contributed by atoms with E-state index in [9.17, 15) is 9.59 Å². The number of halogens is 1. The first-order valence-electron chi connectivity index (χ1n) is 2.61. The van der Waals surface area contributed by atoms with Gasteiger partial charge in [0.2, 0.25) is 0 Å². The van der Waals surface area contributed by atoms with Crippen molar-refractivity contribution in [1.82, 2.24) is 0 Å². The summed E-state index contributed by atoms with van der Waals surface area (Å²) in [5.74, 6) is -0.623. The van der Waals surface area contributed by atoms with Crippen molar-refractivity contribution in [2.75, 3.05) is 0 Å². The third kappa shape index (κ3) is 4.09. The third-order valence-corrected chi connectivity index (χ3v) is 0.959. The number of hydrogen-bond donors (Lipinski definition) is 0. The molecule has 0 saturated heterocycles. The lowest BCUT2D eigenvalue weighted by Gasteiger charge is -2.03. The predicted molar refractivity (Wildman–Crippen MR) is 36.6 cm³/mol. The molecule has 0 N–H and O–H groups in total. The lowest BCUT2D eigenvalue weighted by Crippen LogP contribution is -2.10. The molecule has 0 unspecified atom stereocenters. The Balaban J connectivity index is 3.55. The fourth-order valence-electron chi connectivity index (χ4n) is 0.298. The summed E-state index contributed by atoms with van der Waals surface area (Å²) in [5.41, 5.74) is -0.872. The van der Waals surface area contributed by atoms with Gasteiger partial charge in [-0.2, -0.15) is 0 Å². The Morgan fingerprint density at radius 3 is 2.80 bits per heavy atom. The van der Waals surface area contributed by atoms with Gasteiger partial charge in [-0.15, -0.1) is 0 Å². The van der Waals surface area contributed by atoms with Crippen LogP contribution in [0.3, 0.4) is 0 Å². The molecule has 0 fully saturated rings. The zero-order valence-electron chi connectivity index (χ0n) is 5.25. The fraction of sp³-hybridized carbons (Fsp3) is 0.333. The zero-order valence-corrected chi connectivity index (χ0v) is 6.00. The van der Waals surface area contributed by atoms with Crippen LogP contribution in [0.25, 0.3) is 0 Å². The Morgan fingerprint density at radius 1 is 1.80 bits per heavy atom. The quantitative estimate of drug-likeness (QED) is 0.267. The van der Waals surface area contributed by atoms with Crippen LogP contribution in [0.2, 0.25) is 0 Å². The standard InChI is InChI=1S/C6H7ClO3/c1-2-6(9)10-5(7)3-4-8/h2,4-5H,1,3H2/t5-/m1/s1. The number of ether oxygens (including phenoxy) is 1. The lowest BCUT2D eigenvalue weighted by molar-refractivity contribution is -0.139. The minimum Gasteiger partial charge on any atom is -0.442 e. The van der Waals surface area contributed by atoms with Crippen molar-refractivity contribution in [1.29, 1.82) is 0 Å². The molecule has 0 amide bonds. The number of carbonyl (C=O) groups is 2. The van der Waals surface area contributed by atoms with Crippen LogP contribution in [0.5, 0.6) is 0 Å². The molecule has 0 rings (SSSR count). The Kier molecular flexibility index (Phi) is 4.58. The van der Waals surface area contributed by atoms with Crippen LogP contribution >= 0.6 is 11.6 Å². The molecule has 0 aromatic rings. The van der Waals surface area contributed by atoms with Crippen molar-refractivity contribution in [3.8, 4) is 0 Å². The molecule has 0 aliphatic heterocycles. The SMILES string of the molecule is C=CC(=O)O[C@@H](Cl)CC=O. The van der Waals surface area contributed by atoms with Crippen LogP contribution in [-0.4, -0.2) is 17.8 Å². The molecule has 0 bridgehead atoms. The van der Waals surface area contributed by atoms with E-state index in [1.165, 1.54) is 0 Å². The van der Waals surface area contributed by atoms with Gasteiger partial charge in [-0.25, -0.2) is 4.79 Å². The number of esters is 1. The molecular weight excluding hydrogens is 156 g/mol. The molecular formula is C6H7ClO3. The van der Waals surface area contributed by atoms with E-state index in [1.54, 1.807) is 0 Å². The summed E-state index contributed by atoms with van der Waals surface area (Å²) in [4.78, 5) is 20.1. The van der Waals surface area contributed by atoms with Gasteiger partial charge in [0.25, 0.3) is 0 Å². The van der Waals surface area contributed by atoms with Crippen LogP contribution in [0, 0.1) is 0 Å². The molecule has 4 heteroatoms. The molecule has 1 atom stereocenters. The maximum absolute atomic E-state index is 10.4. The van der Waals surface area contributed by atoms with E-state index in [-0.39, 0.29) is 6.42 Å². The largest absolute Gasteiger partial charge is 0.442 e. The van der Waals surface area contributed by atoms with Crippen LogP contribution < -0.4 is 0 Å². The molecule has 0 aliphatic rings. The van der Waals surface area contributed by atoms with Crippen LogP contribution in [0.1, 0.15) is 6.42 Å². The number of rotatable bonds is 4. The average Bonchev–Trinajstić information content (AvgIpc) is 1.88. The second-order valence-corrected chi connectivity index (χ2v) is 1.94. The summed E-state index contributed by atoms with van der Waals surface area (Å²) in [6.07, 6.45) is 1.56. The molecule has 0 aromatic heterocycles. The van der Waals surface area contributed by atoms with Gasteiger partial charge >= 0.3 is 5.97 Å². The van der Waals surface area contributed by atoms with E-state index < -0.39 is 11.5 Å². The number of carbonyl (C=O) groups excluding carboxylic acids is 2. The van der Waals surface area contributed by atoms with E-state index in [1.807, 2.05) is 0 Å². The Hall–Kier alpha value is -0.830. The molecule has 0 spiro atoms. The first-order chi connectivity index (χ1) is 4.70. The lowest BCUT2D eigenvalue weighted by atomic mass is 10.5. The van der Waals surface area contributed by atoms with Crippen molar-refractivity contribution < 1.29 is 14.3 Å². The number of aldehydes is 1. The van der Waals surface area contributed by atoms with Crippen molar-refractivity contribution >= 4 is 23.9 Å². The summed E-state index contributed by atoms with van der Waals surface area (Å²) >= 11 is 5.33. The van der Waals surface area contributed by atoms with Gasteiger partial charge in [0.05, 0.1) is 6.42 Å². The average molecular weight is 163 g/mol. The van der Waals surface area contributed by atoms with E-state index in [0.717, 1.165) is 6.08 Å². The Morgan fingerprint density at radius 2 is 2.40 bits per heavy atom. The van der Waals surface area contributed by atoms with Gasteiger partial charge < -0.3 is 9.53 Å². The van der Waals surface area contributed by atoms with E-state index in [0.29, 0.717) is 6.29 Å². The molecule has 0 radical (unpaired) electrons. The minimum atomic E-state index is -0.872. The van der Waals surface area contributed by atoms with Gasteiger partial charge in [-0.3, -0.25) is 0 Å². The van der Waals surface area contributed by atoms with E-state index >= 15 is 0 Å². The van der Waals surface area contributed by atoms with Crippen molar-refractivity contribution in [2.45, 2.75) is 12.0 Å². The van der Waals surface area contributed by atoms with Crippen LogP contribution in [-0.2, 0) is 14.3 Å². The fourth-order valence-corrected chi connectivity index (χ4v) is 0.458. The first-order valence-corrected chi connectivity index (χ1v) is 3.05. The smallest absolute Gasteiger partial charge is 0.331 e. The van der Waals surface area contributed by atoms with Crippen molar-refractivity contribution in [3.05, 3.63) is 12.7 Å². The molecule has 0 aliphatic carbocycles. The maximum atomic E-state index is 10.4. The highest BCUT2D eigenvalue weighted by Gasteiger charge is 2.06. The van der Waals surface area contributed by atoms with Crippen LogP contribution in [0.4, 0.5) is 0 Å². The highest BCUT2D eigenvalue weighted by Crippen LogP contribution is 2.01. The van der Waals surface area contributed by atoms with Gasteiger partial charge in [0, 0.05) is 6.08 Å². The number of alkyl halides is 1. The monoisotopic (exact) mass is 162 g/mol. The molecule has 0 aromatic carbocycles. The molecule has 0 heterocycles. The zero-order chi connectivity index (χ0) is 7.98. The van der Waals surface area contributed by atoms with Gasteiger partial charge in [0.15, 0.2) is 5.56 Å². The summed E-state index contributed by atoms with van der Waals surface area (Å²) in [6.45, 7) is 3.15. The van der Waals surface area contributed by atoms with Gasteiger partial charge in [-0.05, 0) is 0 Å².